The third-order valence-corrected chi connectivity index (χ3v) is 2.76. The van der Waals surface area contributed by atoms with Crippen LogP contribution in [-0.4, -0.2) is 51.3 Å². The van der Waals surface area contributed by atoms with Crippen LogP contribution in [0, 0.1) is 5.92 Å². The van der Waals surface area contributed by atoms with Crippen LogP contribution >= 0.6 is 0 Å². The minimum absolute atomic E-state index is 0.603. The molecule has 0 saturated carbocycles. The molecule has 0 aromatic carbocycles. The van der Waals surface area contributed by atoms with Crippen molar-refractivity contribution < 1.29 is 4.74 Å². The third kappa shape index (κ3) is 6.88. The predicted octanol–water partition coefficient (Wildman–Crippen LogP) is 1.59. The minimum Gasteiger partial charge on any atom is -0.383 e. The topological polar surface area (TPSA) is 24.5 Å². The fourth-order valence-corrected chi connectivity index (χ4v) is 1.73. The van der Waals surface area contributed by atoms with E-state index >= 15 is 0 Å². The van der Waals surface area contributed by atoms with Crippen LogP contribution in [0.2, 0.25) is 0 Å². The number of methoxy groups -OCH3 is 1. The zero-order valence-corrected chi connectivity index (χ0v) is 11.0. The SMILES string of the molecule is CCCNCC(C(C)C)N(C)CCOC. The average Bonchev–Trinajstić information content (AvgIpc) is 2.20. The molecular formula is C12H28N2O. The van der Waals surface area contributed by atoms with E-state index < -0.39 is 0 Å². The van der Waals surface area contributed by atoms with Crippen LogP contribution in [0.4, 0.5) is 0 Å². The molecule has 0 aromatic rings. The lowest BCUT2D eigenvalue weighted by Crippen LogP contribution is -2.44. The van der Waals surface area contributed by atoms with Crippen LogP contribution in [0.1, 0.15) is 27.2 Å². The molecule has 0 aliphatic rings. The highest BCUT2D eigenvalue weighted by atomic mass is 16.5. The molecule has 0 fully saturated rings. The summed E-state index contributed by atoms with van der Waals surface area (Å²) in [4.78, 5) is 2.39. The second-order valence-corrected chi connectivity index (χ2v) is 4.49. The normalized spacial score (nSPS) is 13.8. The van der Waals surface area contributed by atoms with Gasteiger partial charge >= 0.3 is 0 Å². The quantitative estimate of drug-likeness (QED) is 0.592. The highest BCUT2D eigenvalue weighted by Gasteiger charge is 2.17. The van der Waals surface area contributed by atoms with Gasteiger partial charge in [-0.2, -0.15) is 0 Å². The van der Waals surface area contributed by atoms with Gasteiger partial charge in [0.15, 0.2) is 0 Å². The molecule has 0 spiro atoms. The first kappa shape index (κ1) is 14.9. The molecule has 92 valence electrons. The molecule has 3 nitrogen and oxygen atoms in total. The van der Waals surface area contributed by atoms with E-state index in [0.717, 1.165) is 26.2 Å². The highest BCUT2D eigenvalue weighted by Crippen LogP contribution is 2.07. The molecule has 15 heavy (non-hydrogen) atoms. The number of hydrogen-bond donors (Lipinski definition) is 1. The summed E-state index contributed by atoms with van der Waals surface area (Å²) in [6.45, 7) is 10.8. The Morgan fingerprint density at radius 1 is 1.33 bits per heavy atom. The van der Waals surface area contributed by atoms with Crippen LogP contribution < -0.4 is 5.32 Å². The molecular weight excluding hydrogens is 188 g/mol. The molecule has 0 aliphatic heterocycles. The Kier molecular flexibility index (Phi) is 9.06. The second-order valence-electron chi connectivity index (χ2n) is 4.49. The first-order valence-electron chi connectivity index (χ1n) is 6.03. The van der Waals surface area contributed by atoms with E-state index in [2.05, 4.69) is 38.0 Å². The Morgan fingerprint density at radius 2 is 2.00 bits per heavy atom. The fraction of sp³-hybridized carbons (Fsp3) is 1.00. The van der Waals surface area contributed by atoms with E-state index in [1.165, 1.54) is 6.42 Å². The molecule has 0 aliphatic carbocycles. The molecule has 0 radical (unpaired) electrons. The molecule has 1 unspecified atom stereocenters. The number of rotatable bonds is 9. The van der Waals surface area contributed by atoms with E-state index in [0.29, 0.717) is 12.0 Å². The first-order chi connectivity index (χ1) is 7.13. The van der Waals surface area contributed by atoms with Gasteiger partial charge in [0.2, 0.25) is 0 Å². The summed E-state index contributed by atoms with van der Waals surface area (Å²) in [5.74, 6) is 0.677. The summed E-state index contributed by atoms with van der Waals surface area (Å²) >= 11 is 0. The van der Waals surface area contributed by atoms with E-state index in [-0.39, 0.29) is 0 Å². The largest absolute Gasteiger partial charge is 0.383 e. The van der Waals surface area contributed by atoms with Gasteiger partial charge in [-0.1, -0.05) is 20.8 Å². The zero-order valence-electron chi connectivity index (χ0n) is 11.0. The number of nitrogens with zero attached hydrogens (tertiary/aromatic N) is 1. The molecule has 0 heterocycles. The summed E-state index contributed by atoms with van der Waals surface area (Å²) in [5.41, 5.74) is 0. The van der Waals surface area contributed by atoms with Gasteiger partial charge in [0.05, 0.1) is 6.61 Å². The van der Waals surface area contributed by atoms with Crippen LogP contribution in [-0.2, 0) is 4.74 Å². The van der Waals surface area contributed by atoms with E-state index in [1.807, 2.05) is 0 Å². The van der Waals surface area contributed by atoms with Gasteiger partial charge in [0.1, 0.15) is 0 Å². The van der Waals surface area contributed by atoms with Crippen LogP contribution in [0.25, 0.3) is 0 Å². The molecule has 3 heteroatoms. The summed E-state index contributed by atoms with van der Waals surface area (Å²) < 4.78 is 5.11. The van der Waals surface area contributed by atoms with Crippen molar-refractivity contribution in [2.45, 2.75) is 33.2 Å². The lowest BCUT2D eigenvalue weighted by Gasteiger charge is -2.31. The summed E-state index contributed by atoms with van der Waals surface area (Å²) in [7, 11) is 3.94. The summed E-state index contributed by atoms with van der Waals surface area (Å²) in [5, 5.41) is 3.49. The van der Waals surface area contributed by atoms with Crippen LogP contribution in [0.3, 0.4) is 0 Å². The molecule has 0 aromatic heterocycles. The Morgan fingerprint density at radius 3 is 2.47 bits per heavy atom. The Bertz CT molecular complexity index is 140. The summed E-state index contributed by atoms with van der Waals surface area (Å²) in [6.07, 6.45) is 1.20. The molecule has 0 rings (SSSR count). The predicted molar refractivity (Wildman–Crippen MR) is 66.3 cm³/mol. The molecule has 0 saturated heterocycles. The number of hydrogen-bond acceptors (Lipinski definition) is 3. The maximum absolute atomic E-state index is 5.11. The maximum atomic E-state index is 5.11. The lowest BCUT2D eigenvalue weighted by molar-refractivity contribution is 0.120. The van der Waals surface area contributed by atoms with Gasteiger partial charge < -0.3 is 10.1 Å². The van der Waals surface area contributed by atoms with Crippen LogP contribution in [0.15, 0.2) is 0 Å². The Labute approximate surface area is 95.2 Å². The Balaban J connectivity index is 3.89. The van der Waals surface area contributed by atoms with Crippen molar-refractivity contribution in [3.05, 3.63) is 0 Å². The molecule has 0 bridgehead atoms. The first-order valence-corrected chi connectivity index (χ1v) is 6.03. The monoisotopic (exact) mass is 216 g/mol. The van der Waals surface area contributed by atoms with Gasteiger partial charge in [0.25, 0.3) is 0 Å². The third-order valence-electron chi connectivity index (χ3n) is 2.76. The van der Waals surface area contributed by atoms with Crippen molar-refractivity contribution in [2.75, 3.05) is 40.4 Å². The standard InChI is InChI=1S/C12H28N2O/c1-6-7-13-10-12(11(2)3)14(4)8-9-15-5/h11-13H,6-10H2,1-5H3. The number of ether oxygens (including phenoxy) is 1. The van der Waals surface area contributed by atoms with E-state index in [4.69, 9.17) is 4.74 Å². The molecule has 1 atom stereocenters. The second kappa shape index (κ2) is 9.13. The van der Waals surface area contributed by atoms with Crippen molar-refractivity contribution in [1.82, 2.24) is 10.2 Å². The van der Waals surface area contributed by atoms with Crippen molar-refractivity contribution in [3.8, 4) is 0 Å². The number of likely N-dealkylation sites (N-methyl/N-ethyl adjacent to an activating group) is 1. The van der Waals surface area contributed by atoms with E-state index in [9.17, 15) is 0 Å². The lowest BCUT2D eigenvalue weighted by atomic mass is 10.0. The van der Waals surface area contributed by atoms with Crippen LogP contribution in [0.5, 0.6) is 0 Å². The van der Waals surface area contributed by atoms with Crippen molar-refractivity contribution in [1.29, 1.82) is 0 Å². The van der Waals surface area contributed by atoms with Gasteiger partial charge in [-0.05, 0) is 25.9 Å². The average molecular weight is 216 g/mol. The molecule has 1 N–H and O–H groups in total. The van der Waals surface area contributed by atoms with Crippen molar-refractivity contribution in [2.24, 2.45) is 5.92 Å². The van der Waals surface area contributed by atoms with Gasteiger partial charge in [-0.25, -0.2) is 0 Å². The fourth-order valence-electron chi connectivity index (χ4n) is 1.73. The van der Waals surface area contributed by atoms with Crippen molar-refractivity contribution >= 4 is 0 Å². The van der Waals surface area contributed by atoms with E-state index in [1.54, 1.807) is 7.11 Å². The van der Waals surface area contributed by atoms with Crippen molar-refractivity contribution in [3.63, 3.8) is 0 Å². The Hall–Kier alpha value is -0.120. The summed E-state index contributed by atoms with van der Waals surface area (Å²) in [6, 6.07) is 0.603. The van der Waals surface area contributed by atoms with Gasteiger partial charge in [-0.3, -0.25) is 4.90 Å². The number of nitrogens with one attached hydrogen (secondary N) is 1. The highest BCUT2D eigenvalue weighted by molar-refractivity contribution is 4.74. The zero-order chi connectivity index (χ0) is 11.7. The molecule has 0 amide bonds. The maximum Gasteiger partial charge on any atom is 0.0589 e. The minimum atomic E-state index is 0.603. The smallest absolute Gasteiger partial charge is 0.0589 e. The van der Waals surface area contributed by atoms with Gasteiger partial charge in [0, 0.05) is 26.2 Å². The van der Waals surface area contributed by atoms with Gasteiger partial charge in [-0.15, -0.1) is 0 Å².